The molecular weight excluding hydrogens is 220 g/mol. The molecule has 0 heterocycles. The Bertz CT molecular complexity index is 295. The first-order valence-corrected chi connectivity index (χ1v) is 5.28. The lowest BCUT2D eigenvalue weighted by Gasteiger charge is -2.09. The normalized spacial score (nSPS) is 15.8. The van der Waals surface area contributed by atoms with Gasteiger partial charge in [0.25, 0.3) is 0 Å². The van der Waals surface area contributed by atoms with E-state index >= 15 is 0 Å². The Morgan fingerprint density at radius 1 is 1.33 bits per heavy atom. The largest absolute Gasteiger partial charge is 0.416 e. The number of alkyl halides is 3. The lowest BCUT2D eigenvalue weighted by atomic mass is 10.1. The zero-order valence-corrected chi connectivity index (χ0v) is 10.3. The summed E-state index contributed by atoms with van der Waals surface area (Å²) in [6.45, 7) is 5.14. The van der Waals surface area contributed by atoms with Gasteiger partial charge in [0, 0.05) is 0 Å². The fourth-order valence-corrected chi connectivity index (χ4v) is 1.10. The van der Waals surface area contributed by atoms with E-state index in [1.54, 1.807) is 26.8 Å². The Hall–Kier alpha value is -0.560. The molecule has 0 aromatic rings. The topological polar surface area (TPSA) is 0 Å². The van der Waals surface area contributed by atoms with Crippen molar-refractivity contribution in [1.29, 1.82) is 0 Å². The van der Waals surface area contributed by atoms with Gasteiger partial charge in [0.1, 0.15) is 0 Å². The minimum absolute atomic E-state index is 0.376. The number of hydrogen-bond acceptors (Lipinski definition) is 0. The van der Waals surface area contributed by atoms with Gasteiger partial charge in [-0.25, -0.2) is 0 Å². The Morgan fingerprint density at radius 3 is 2.20 bits per heavy atom. The molecule has 1 unspecified atom stereocenters. The van der Waals surface area contributed by atoms with Gasteiger partial charge < -0.3 is 0 Å². The molecule has 1 atom stereocenters. The van der Waals surface area contributed by atoms with Crippen LogP contribution in [0.5, 0.6) is 0 Å². The minimum atomic E-state index is -4.27. The molecule has 0 fully saturated rings. The Morgan fingerprint density at radius 2 is 1.87 bits per heavy atom. The first-order chi connectivity index (χ1) is 6.82. The van der Waals surface area contributed by atoms with E-state index in [1.807, 2.05) is 0 Å². The summed E-state index contributed by atoms with van der Waals surface area (Å²) >= 11 is 0. The average molecular weight is 236 g/mol. The SMILES string of the molecule is C\C=C(P)/C(C)=C\C(=C\CC)C(F)(F)F. The van der Waals surface area contributed by atoms with E-state index in [0.717, 1.165) is 5.31 Å². The standard InChI is InChI=1S/C11H16F3P/c1-4-6-9(11(12,13)14)7-8(3)10(15)5-2/h5-7H,4,15H2,1-3H3/b8-7-,9-6-,10-5+. The molecule has 0 N–H and O–H groups in total. The van der Waals surface area contributed by atoms with E-state index in [2.05, 4.69) is 9.24 Å². The zero-order valence-electron chi connectivity index (χ0n) is 9.15. The van der Waals surface area contributed by atoms with Gasteiger partial charge >= 0.3 is 6.18 Å². The zero-order chi connectivity index (χ0) is 12.1. The van der Waals surface area contributed by atoms with Gasteiger partial charge in [-0.05, 0) is 37.2 Å². The molecule has 0 aliphatic rings. The van der Waals surface area contributed by atoms with Crippen molar-refractivity contribution in [2.75, 3.05) is 0 Å². The third-order valence-corrected chi connectivity index (χ3v) is 2.68. The minimum Gasteiger partial charge on any atom is -0.166 e. The van der Waals surface area contributed by atoms with Gasteiger partial charge in [0.05, 0.1) is 5.57 Å². The van der Waals surface area contributed by atoms with E-state index in [0.29, 0.717) is 12.0 Å². The van der Waals surface area contributed by atoms with Crippen molar-refractivity contribution >= 4 is 9.24 Å². The van der Waals surface area contributed by atoms with Crippen LogP contribution in [0.3, 0.4) is 0 Å². The maximum atomic E-state index is 12.5. The Kier molecular flexibility index (Phi) is 5.89. The quantitative estimate of drug-likeness (QED) is 0.495. The van der Waals surface area contributed by atoms with E-state index in [1.165, 1.54) is 12.2 Å². The highest BCUT2D eigenvalue weighted by Gasteiger charge is 2.31. The second-order valence-electron chi connectivity index (χ2n) is 3.14. The van der Waals surface area contributed by atoms with Crippen molar-refractivity contribution in [2.24, 2.45) is 0 Å². The van der Waals surface area contributed by atoms with Crippen molar-refractivity contribution in [2.45, 2.75) is 33.4 Å². The van der Waals surface area contributed by atoms with Gasteiger partial charge in [-0.3, -0.25) is 0 Å². The van der Waals surface area contributed by atoms with Gasteiger partial charge in [0.2, 0.25) is 0 Å². The van der Waals surface area contributed by atoms with Crippen molar-refractivity contribution < 1.29 is 13.2 Å². The molecule has 0 saturated heterocycles. The van der Waals surface area contributed by atoms with E-state index in [4.69, 9.17) is 0 Å². The summed E-state index contributed by atoms with van der Waals surface area (Å²) in [5, 5.41) is 0.779. The van der Waals surface area contributed by atoms with Gasteiger partial charge in [-0.15, -0.1) is 9.24 Å². The lowest BCUT2D eigenvalue weighted by molar-refractivity contribution is -0.0884. The first kappa shape index (κ1) is 14.4. The predicted molar refractivity (Wildman–Crippen MR) is 61.7 cm³/mol. The summed E-state index contributed by atoms with van der Waals surface area (Å²) in [6.07, 6.45) is 0.232. The van der Waals surface area contributed by atoms with E-state index in [9.17, 15) is 13.2 Å². The molecule has 0 saturated carbocycles. The Labute approximate surface area is 91.1 Å². The van der Waals surface area contributed by atoms with Gasteiger partial charge in [-0.2, -0.15) is 13.2 Å². The summed E-state index contributed by atoms with van der Waals surface area (Å²) in [5.41, 5.74) is 0.0313. The molecule has 4 heteroatoms. The maximum absolute atomic E-state index is 12.5. The van der Waals surface area contributed by atoms with Crippen LogP contribution in [0.25, 0.3) is 0 Å². The molecule has 0 radical (unpaired) electrons. The molecule has 0 spiro atoms. The third-order valence-electron chi connectivity index (χ3n) is 1.89. The highest BCUT2D eigenvalue weighted by atomic mass is 31.0. The lowest BCUT2D eigenvalue weighted by Crippen LogP contribution is -2.10. The highest BCUT2D eigenvalue weighted by molar-refractivity contribution is 7.23. The highest BCUT2D eigenvalue weighted by Crippen LogP contribution is 2.29. The molecule has 15 heavy (non-hydrogen) atoms. The molecule has 0 aromatic carbocycles. The number of halogens is 3. The van der Waals surface area contributed by atoms with Crippen LogP contribution in [0, 0.1) is 0 Å². The molecule has 0 aliphatic heterocycles. The van der Waals surface area contributed by atoms with Crippen LogP contribution >= 0.6 is 9.24 Å². The van der Waals surface area contributed by atoms with Crippen molar-refractivity contribution in [3.63, 3.8) is 0 Å². The van der Waals surface area contributed by atoms with E-state index in [-0.39, 0.29) is 0 Å². The summed E-state index contributed by atoms with van der Waals surface area (Å²) in [5.74, 6) is 0. The maximum Gasteiger partial charge on any atom is 0.416 e. The van der Waals surface area contributed by atoms with Gasteiger partial charge in [0.15, 0.2) is 0 Å². The van der Waals surface area contributed by atoms with Crippen LogP contribution in [0.1, 0.15) is 27.2 Å². The summed E-state index contributed by atoms with van der Waals surface area (Å²) < 4.78 is 37.5. The molecular formula is C11H16F3P. The summed E-state index contributed by atoms with van der Waals surface area (Å²) in [6, 6.07) is 0. The van der Waals surface area contributed by atoms with Crippen LogP contribution in [-0.2, 0) is 0 Å². The molecule has 0 amide bonds. The van der Waals surface area contributed by atoms with Crippen LogP contribution in [0.4, 0.5) is 13.2 Å². The number of hydrogen-bond donors (Lipinski definition) is 0. The average Bonchev–Trinajstić information content (AvgIpc) is 2.14. The van der Waals surface area contributed by atoms with Crippen LogP contribution in [0.2, 0.25) is 0 Å². The van der Waals surface area contributed by atoms with Gasteiger partial charge in [-0.1, -0.05) is 19.1 Å². The van der Waals surface area contributed by atoms with E-state index < -0.39 is 11.7 Å². The van der Waals surface area contributed by atoms with Crippen LogP contribution in [-0.4, -0.2) is 6.18 Å². The fraction of sp³-hybridized carbons (Fsp3) is 0.455. The smallest absolute Gasteiger partial charge is 0.166 e. The number of rotatable bonds is 3. The second-order valence-corrected chi connectivity index (χ2v) is 3.76. The Balaban J connectivity index is 5.09. The summed E-state index contributed by atoms with van der Waals surface area (Å²) in [4.78, 5) is 0. The summed E-state index contributed by atoms with van der Waals surface area (Å²) in [7, 11) is 2.41. The van der Waals surface area contributed by atoms with Crippen molar-refractivity contribution in [3.8, 4) is 0 Å². The molecule has 0 nitrogen and oxygen atoms in total. The van der Waals surface area contributed by atoms with Crippen LogP contribution < -0.4 is 0 Å². The monoisotopic (exact) mass is 236 g/mol. The number of allylic oxidation sites excluding steroid dienone is 6. The molecule has 86 valence electrons. The molecule has 0 rings (SSSR count). The van der Waals surface area contributed by atoms with Crippen molar-refractivity contribution in [1.82, 2.24) is 0 Å². The predicted octanol–water partition coefficient (Wildman–Crippen LogP) is 4.61. The van der Waals surface area contributed by atoms with Crippen LogP contribution in [0.15, 0.2) is 34.7 Å². The first-order valence-electron chi connectivity index (χ1n) is 4.70. The molecule has 0 aromatic heterocycles. The second kappa shape index (κ2) is 6.12. The molecule has 0 aliphatic carbocycles. The third kappa shape index (κ3) is 5.17. The van der Waals surface area contributed by atoms with Crippen molar-refractivity contribution in [3.05, 3.63) is 34.7 Å². The molecule has 0 bridgehead atoms. The fourth-order valence-electron chi connectivity index (χ4n) is 1.02.